The van der Waals surface area contributed by atoms with Crippen LogP contribution in [0.25, 0.3) is 0 Å². The van der Waals surface area contributed by atoms with E-state index in [1.54, 1.807) is 0 Å². The van der Waals surface area contributed by atoms with Crippen molar-refractivity contribution in [1.29, 1.82) is 0 Å². The van der Waals surface area contributed by atoms with Gasteiger partial charge in [0.25, 0.3) is 0 Å². The topological polar surface area (TPSA) is 9.23 Å². The lowest BCUT2D eigenvalue weighted by Crippen LogP contribution is -1.94. The first-order valence-electron chi connectivity index (χ1n) is 3.71. The van der Waals surface area contributed by atoms with Gasteiger partial charge in [0, 0.05) is 6.61 Å². The van der Waals surface area contributed by atoms with E-state index >= 15 is 0 Å². The average molecular weight is 160 g/mol. The minimum atomic E-state index is 0.753. The Morgan fingerprint density at radius 1 is 1.40 bits per heavy atom. The average Bonchev–Trinajstić information content (AvgIpc) is 1.97. The molecule has 0 radical (unpaired) electrons. The fourth-order valence-electron chi connectivity index (χ4n) is 0.564. The molecule has 0 fully saturated rings. The summed E-state index contributed by atoms with van der Waals surface area (Å²) >= 11 is 4.09. The number of hydrogen-bond donors (Lipinski definition) is 1. The highest BCUT2D eigenvalue weighted by atomic mass is 32.1. The lowest BCUT2D eigenvalue weighted by molar-refractivity contribution is 0.159. The predicted octanol–water partition coefficient (Wildman–Crippen LogP) is 2.29. The summed E-state index contributed by atoms with van der Waals surface area (Å²) in [4.78, 5) is 0. The molecule has 0 aliphatic heterocycles. The van der Waals surface area contributed by atoms with Crippen molar-refractivity contribution in [2.75, 3.05) is 19.0 Å². The zero-order valence-corrected chi connectivity index (χ0v) is 7.44. The summed E-state index contributed by atoms with van der Waals surface area (Å²) in [7, 11) is 0. The van der Waals surface area contributed by atoms with Gasteiger partial charge in [-0.15, -0.1) is 0 Å². The highest BCUT2D eigenvalue weighted by Gasteiger charge is 1.84. The van der Waals surface area contributed by atoms with E-state index in [1.165, 1.54) is 0 Å². The molecule has 0 saturated heterocycles. The molecular formula is C8H16OS. The number of unbranched alkanes of at least 4 members (excludes halogenated alkanes) is 1. The third kappa shape index (κ3) is 8.05. The van der Waals surface area contributed by atoms with Gasteiger partial charge in [0.15, 0.2) is 0 Å². The predicted molar refractivity (Wildman–Crippen MR) is 48.7 cm³/mol. The van der Waals surface area contributed by atoms with Gasteiger partial charge in [0.1, 0.15) is 0 Å². The molecule has 0 aliphatic rings. The van der Waals surface area contributed by atoms with Crippen molar-refractivity contribution in [3.8, 4) is 0 Å². The van der Waals surface area contributed by atoms with E-state index < -0.39 is 0 Å². The molecule has 0 saturated carbocycles. The van der Waals surface area contributed by atoms with Crippen LogP contribution in [0, 0.1) is 0 Å². The van der Waals surface area contributed by atoms with Gasteiger partial charge >= 0.3 is 0 Å². The summed E-state index contributed by atoms with van der Waals surface area (Å²) in [5, 5.41) is 0. The number of hydrogen-bond acceptors (Lipinski definition) is 2. The van der Waals surface area contributed by atoms with Crippen LogP contribution in [-0.2, 0) is 4.74 Å². The third-order valence-electron chi connectivity index (χ3n) is 1.15. The lowest BCUT2D eigenvalue weighted by atomic mass is 10.4. The van der Waals surface area contributed by atoms with Crippen LogP contribution in [-0.4, -0.2) is 19.0 Å². The van der Waals surface area contributed by atoms with E-state index in [0.717, 1.165) is 31.8 Å². The Labute approximate surface area is 68.9 Å². The molecule has 10 heavy (non-hydrogen) atoms. The maximum absolute atomic E-state index is 5.26. The first-order valence-corrected chi connectivity index (χ1v) is 4.34. The Balaban J connectivity index is 2.77. The van der Waals surface area contributed by atoms with E-state index in [9.17, 15) is 0 Å². The van der Waals surface area contributed by atoms with E-state index in [4.69, 9.17) is 4.74 Å². The standard InChI is InChI=1S/C8H16OS/c1-2-3-6-9-7-4-5-8-10/h2-3,10H,4-8H2,1H3. The van der Waals surface area contributed by atoms with Crippen molar-refractivity contribution in [2.45, 2.75) is 19.8 Å². The fourth-order valence-corrected chi connectivity index (χ4v) is 0.787. The molecule has 0 atom stereocenters. The summed E-state index contributed by atoms with van der Waals surface area (Å²) in [5.74, 6) is 0.965. The molecular weight excluding hydrogens is 144 g/mol. The van der Waals surface area contributed by atoms with Crippen LogP contribution in [0.4, 0.5) is 0 Å². The molecule has 2 heteroatoms. The van der Waals surface area contributed by atoms with Crippen LogP contribution in [0.2, 0.25) is 0 Å². The smallest absolute Gasteiger partial charge is 0.0647 e. The van der Waals surface area contributed by atoms with Crippen molar-refractivity contribution in [3.63, 3.8) is 0 Å². The van der Waals surface area contributed by atoms with Gasteiger partial charge in [-0.3, -0.25) is 0 Å². The third-order valence-corrected chi connectivity index (χ3v) is 1.46. The Kier molecular flexibility index (Phi) is 9.10. The number of ether oxygens (including phenoxy) is 1. The fraction of sp³-hybridized carbons (Fsp3) is 0.750. The van der Waals surface area contributed by atoms with Gasteiger partial charge in [0.05, 0.1) is 6.61 Å². The lowest BCUT2D eigenvalue weighted by Gasteiger charge is -1.97. The van der Waals surface area contributed by atoms with E-state index in [1.807, 2.05) is 19.1 Å². The molecule has 0 aliphatic carbocycles. The normalized spacial score (nSPS) is 11.0. The minimum absolute atomic E-state index is 0.753. The van der Waals surface area contributed by atoms with Crippen molar-refractivity contribution in [1.82, 2.24) is 0 Å². The molecule has 0 heterocycles. The van der Waals surface area contributed by atoms with Crippen molar-refractivity contribution >= 4 is 12.6 Å². The zero-order valence-electron chi connectivity index (χ0n) is 6.55. The first-order chi connectivity index (χ1) is 4.91. The Morgan fingerprint density at radius 3 is 2.80 bits per heavy atom. The van der Waals surface area contributed by atoms with E-state index in [2.05, 4.69) is 12.6 Å². The Morgan fingerprint density at radius 2 is 2.20 bits per heavy atom. The SMILES string of the molecule is CC=CCOCCCCS. The molecule has 0 spiro atoms. The highest BCUT2D eigenvalue weighted by molar-refractivity contribution is 7.80. The summed E-state index contributed by atoms with van der Waals surface area (Å²) in [6.07, 6.45) is 6.29. The van der Waals surface area contributed by atoms with Crippen LogP contribution >= 0.6 is 12.6 Å². The molecule has 0 rings (SSSR count). The largest absolute Gasteiger partial charge is 0.377 e. The number of thiol groups is 1. The molecule has 60 valence electrons. The maximum atomic E-state index is 5.26. The van der Waals surface area contributed by atoms with Gasteiger partial charge in [-0.1, -0.05) is 12.2 Å². The first kappa shape index (κ1) is 10.0. The minimum Gasteiger partial charge on any atom is -0.377 e. The van der Waals surface area contributed by atoms with Gasteiger partial charge < -0.3 is 4.74 Å². The van der Waals surface area contributed by atoms with Crippen LogP contribution in [0.1, 0.15) is 19.8 Å². The van der Waals surface area contributed by atoms with E-state index in [-0.39, 0.29) is 0 Å². The van der Waals surface area contributed by atoms with Gasteiger partial charge in [-0.2, -0.15) is 12.6 Å². The molecule has 1 nitrogen and oxygen atoms in total. The quantitative estimate of drug-likeness (QED) is 0.356. The Bertz CT molecular complexity index is 81.3. The molecule has 0 N–H and O–H groups in total. The number of allylic oxidation sites excluding steroid dienone is 1. The van der Waals surface area contributed by atoms with Crippen molar-refractivity contribution in [2.24, 2.45) is 0 Å². The molecule has 0 amide bonds. The highest BCUT2D eigenvalue weighted by Crippen LogP contribution is 1.91. The van der Waals surface area contributed by atoms with Crippen LogP contribution in [0.3, 0.4) is 0 Å². The van der Waals surface area contributed by atoms with Gasteiger partial charge in [-0.05, 0) is 25.5 Å². The summed E-state index contributed by atoms with van der Waals surface area (Å²) in [5.41, 5.74) is 0. The molecule has 0 aromatic rings. The maximum Gasteiger partial charge on any atom is 0.0647 e. The summed E-state index contributed by atoms with van der Waals surface area (Å²) in [6.45, 7) is 3.62. The zero-order chi connectivity index (χ0) is 7.66. The molecule has 0 unspecified atom stereocenters. The van der Waals surface area contributed by atoms with Crippen LogP contribution in [0.15, 0.2) is 12.2 Å². The van der Waals surface area contributed by atoms with Crippen LogP contribution < -0.4 is 0 Å². The van der Waals surface area contributed by atoms with Crippen LogP contribution in [0.5, 0.6) is 0 Å². The summed E-state index contributed by atoms with van der Waals surface area (Å²) < 4.78 is 5.26. The van der Waals surface area contributed by atoms with Crippen molar-refractivity contribution in [3.05, 3.63) is 12.2 Å². The van der Waals surface area contributed by atoms with Gasteiger partial charge in [-0.25, -0.2) is 0 Å². The second kappa shape index (κ2) is 9.05. The molecule has 0 aromatic carbocycles. The second-order valence-corrected chi connectivity index (χ2v) is 2.52. The molecule has 0 bridgehead atoms. The number of rotatable bonds is 6. The monoisotopic (exact) mass is 160 g/mol. The van der Waals surface area contributed by atoms with E-state index in [0.29, 0.717) is 0 Å². The van der Waals surface area contributed by atoms with Gasteiger partial charge in [0.2, 0.25) is 0 Å². The molecule has 0 aromatic heterocycles. The van der Waals surface area contributed by atoms with Crippen molar-refractivity contribution < 1.29 is 4.74 Å². The summed E-state index contributed by atoms with van der Waals surface area (Å²) in [6, 6.07) is 0. The second-order valence-electron chi connectivity index (χ2n) is 2.07. The Hall–Kier alpha value is 0.0500.